The Kier molecular flexibility index (Phi) is 12.1. The lowest BCUT2D eigenvalue weighted by molar-refractivity contribution is -0.485. The molecule has 0 aromatic rings. The number of ether oxygens (including phenoxy) is 1. The number of esters is 1. The number of rotatable bonds is 12. The summed E-state index contributed by atoms with van der Waals surface area (Å²) in [5.74, 6) is -1.41. The van der Waals surface area contributed by atoms with Crippen LogP contribution >= 0.6 is 0 Å². The quantitative estimate of drug-likeness (QED) is 0.136. The van der Waals surface area contributed by atoms with E-state index in [-0.39, 0.29) is 11.1 Å². The molecule has 0 unspecified atom stereocenters. The molecule has 0 saturated carbocycles. The van der Waals surface area contributed by atoms with Gasteiger partial charge in [-0.2, -0.15) is 4.89 Å². The second kappa shape index (κ2) is 13.0. The van der Waals surface area contributed by atoms with Crippen molar-refractivity contribution in [2.45, 2.75) is 59.3 Å². The zero-order valence-corrected chi connectivity index (χ0v) is 13.7. The van der Waals surface area contributed by atoms with Gasteiger partial charge in [0.1, 0.15) is 6.26 Å². The number of unbranched alkanes of at least 4 members (excludes halogenated alkanes) is 5. The van der Waals surface area contributed by atoms with Gasteiger partial charge in [0.2, 0.25) is 0 Å². The fraction of sp³-hybridized carbons (Fsp3) is 0.625. The van der Waals surface area contributed by atoms with Gasteiger partial charge in [-0.1, -0.05) is 45.6 Å². The molecule has 0 rings (SSSR count). The van der Waals surface area contributed by atoms with Crippen molar-refractivity contribution in [1.82, 2.24) is 0 Å². The number of hydrogen-bond donors (Lipinski definition) is 0. The summed E-state index contributed by atoms with van der Waals surface area (Å²) in [7, 11) is 0. The Balaban J connectivity index is 3.66. The molecule has 0 N–H and O–H groups in total. The molecule has 0 aromatic heterocycles. The Hall–Kier alpha value is -1.66. The molecule has 6 heteroatoms. The van der Waals surface area contributed by atoms with Gasteiger partial charge in [-0.25, -0.2) is 9.59 Å². The lowest BCUT2D eigenvalue weighted by Gasteiger charge is -2.04. The van der Waals surface area contributed by atoms with E-state index in [1.807, 2.05) is 0 Å². The van der Waals surface area contributed by atoms with Crippen LogP contribution in [-0.2, 0) is 29.1 Å². The van der Waals surface area contributed by atoms with E-state index in [0.717, 1.165) is 25.5 Å². The maximum Gasteiger partial charge on any atom is 0.375 e. The summed E-state index contributed by atoms with van der Waals surface area (Å²) in [6.07, 6.45) is 7.71. The van der Waals surface area contributed by atoms with Crippen LogP contribution in [0.15, 0.2) is 24.0 Å². The van der Waals surface area contributed by atoms with Crippen molar-refractivity contribution in [2.24, 2.45) is 0 Å². The van der Waals surface area contributed by atoms with Crippen molar-refractivity contribution < 1.29 is 29.1 Å². The lowest BCUT2D eigenvalue weighted by atomic mass is 10.1. The molecule has 0 heterocycles. The average molecular weight is 314 g/mol. The van der Waals surface area contributed by atoms with Gasteiger partial charge in [-0.15, -0.1) is 0 Å². The molecule has 0 radical (unpaired) electrons. The highest BCUT2D eigenvalue weighted by atomic mass is 17.5. The smallest absolute Gasteiger partial charge is 0.375 e. The third kappa shape index (κ3) is 11.0. The van der Waals surface area contributed by atoms with Crippen LogP contribution in [0, 0.1) is 0 Å². The molecule has 0 atom stereocenters. The molecule has 0 fully saturated rings. The Morgan fingerprint density at radius 1 is 1.00 bits per heavy atom. The van der Waals surface area contributed by atoms with Crippen molar-refractivity contribution in [1.29, 1.82) is 0 Å². The normalized spacial score (nSPS) is 11.1. The fourth-order valence-corrected chi connectivity index (χ4v) is 1.39. The van der Waals surface area contributed by atoms with Crippen LogP contribution in [0.3, 0.4) is 0 Å². The van der Waals surface area contributed by atoms with Crippen molar-refractivity contribution in [2.75, 3.05) is 6.61 Å². The molecular weight excluding hydrogens is 288 g/mol. The zero-order chi connectivity index (χ0) is 16.8. The van der Waals surface area contributed by atoms with Gasteiger partial charge >= 0.3 is 11.9 Å². The highest BCUT2D eigenvalue weighted by molar-refractivity contribution is 5.90. The maximum atomic E-state index is 11.4. The monoisotopic (exact) mass is 314 g/mol. The molecule has 6 nitrogen and oxygen atoms in total. The summed E-state index contributed by atoms with van der Waals surface area (Å²) in [4.78, 5) is 31.7. The first-order valence-corrected chi connectivity index (χ1v) is 7.52. The summed E-state index contributed by atoms with van der Waals surface area (Å²) < 4.78 is 4.68. The SMILES string of the molecule is C=C(C)C(=O)OC=C(C)C(=O)OOOCCCCCCCC. The number of hydrogen-bond acceptors (Lipinski definition) is 6. The first-order valence-electron chi connectivity index (χ1n) is 7.52. The summed E-state index contributed by atoms with van der Waals surface area (Å²) in [5, 5.41) is 4.35. The standard InChI is InChI=1S/C16H26O6/c1-5-6-7-8-9-10-11-20-22-21-16(18)14(4)12-19-15(17)13(2)3/h12H,2,5-11H2,1,3-4H3. The van der Waals surface area contributed by atoms with Crippen LogP contribution < -0.4 is 0 Å². The van der Waals surface area contributed by atoms with Crippen molar-refractivity contribution in [3.05, 3.63) is 24.0 Å². The third-order valence-corrected chi connectivity index (χ3v) is 2.75. The van der Waals surface area contributed by atoms with Crippen LogP contribution in [0.2, 0.25) is 0 Å². The number of carbonyl (C=O) groups excluding carboxylic acids is 2. The Morgan fingerprint density at radius 3 is 2.27 bits per heavy atom. The predicted octanol–water partition coefficient (Wildman–Crippen LogP) is 3.78. The molecule has 0 aliphatic rings. The van der Waals surface area contributed by atoms with Gasteiger partial charge in [-0.3, -0.25) is 4.89 Å². The van der Waals surface area contributed by atoms with Crippen LogP contribution in [0.5, 0.6) is 0 Å². The van der Waals surface area contributed by atoms with Crippen LogP contribution in [0.25, 0.3) is 0 Å². The van der Waals surface area contributed by atoms with E-state index in [1.54, 1.807) is 0 Å². The Morgan fingerprint density at radius 2 is 1.64 bits per heavy atom. The topological polar surface area (TPSA) is 71.1 Å². The minimum absolute atomic E-state index is 0.0674. The average Bonchev–Trinajstić information content (AvgIpc) is 2.50. The largest absolute Gasteiger partial charge is 0.431 e. The second-order valence-electron chi connectivity index (χ2n) is 5.02. The van der Waals surface area contributed by atoms with Crippen LogP contribution in [0.1, 0.15) is 59.3 Å². The van der Waals surface area contributed by atoms with E-state index in [2.05, 4.69) is 28.2 Å². The minimum atomic E-state index is -0.794. The molecule has 0 aliphatic carbocycles. The molecule has 0 bridgehead atoms. The lowest BCUT2D eigenvalue weighted by Crippen LogP contribution is -2.09. The van der Waals surface area contributed by atoms with E-state index >= 15 is 0 Å². The fourth-order valence-electron chi connectivity index (χ4n) is 1.39. The summed E-state index contributed by atoms with van der Waals surface area (Å²) >= 11 is 0. The van der Waals surface area contributed by atoms with E-state index in [1.165, 1.54) is 33.1 Å². The summed E-state index contributed by atoms with van der Waals surface area (Å²) in [6, 6.07) is 0. The molecule has 22 heavy (non-hydrogen) atoms. The van der Waals surface area contributed by atoms with Gasteiger partial charge < -0.3 is 4.74 Å². The first-order chi connectivity index (χ1) is 10.5. The predicted molar refractivity (Wildman–Crippen MR) is 81.2 cm³/mol. The van der Waals surface area contributed by atoms with Gasteiger partial charge in [-0.05, 0) is 25.3 Å². The van der Waals surface area contributed by atoms with Gasteiger partial charge in [0.15, 0.2) is 0 Å². The minimum Gasteiger partial charge on any atom is -0.431 e. The highest BCUT2D eigenvalue weighted by Crippen LogP contribution is 2.05. The van der Waals surface area contributed by atoms with Crippen molar-refractivity contribution >= 4 is 11.9 Å². The highest BCUT2D eigenvalue weighted by Gasteiger charge is 2.10. The zero-order valence-electron chi connectivity index (χ0n) is 13.7. The van der Waals surface area contributed by atoms with E-state index in [0.29, 0.717) is 6.61 Å². The van der Waals surface area contributed by atoms with Gasteiger partial charge in [0, 0.05) is 5.57 Å². The molecule has 0 aliphatic heterocycles. The summed E-state index contributed by atoms with van der Waals surface area (Å²) in [5.41, 5.74) is 0.300. The summed E-state index contributed by atoms with van der Waals surface area (Å²) in [6.45, 7) is 8.86. The van der Waals surface area contributed by atoms with Gasteiger partial charge in [0.25, 0.3) is 0 Å². The molecule has 126 valence electrons. The maximum absolute atomic E-state index is 11.4. The third-order valence-electron chi connectivity index (χ3n) is 2.75. The molecule has 0 spiro atoms. The van der Waals surface area contributed by atoms with Crippen molar-refractivity contribution in [3.8, 4) is 0 Å². The van der Waals surface area contributed by atoms with E-state index < -0.39 is 11.9 Å². The van der Waals surface area contributed by atoms with Crippen LogP contribution in [-0.4, -0.2) is 18.5 Å². The molecular formula is C16H26O6. The number of carbonyl (C=O) groups is 2. The Labute approximate surface area is 131 Å². The van der Waals surface area contributed by atoms with E-state index in [4.69, 9.17) is 4.89 Å². The molecule has 0 saturated heterocycles. The first kappa shape index (κ1) is 20.3. The molecule has 0 amide bonds. The van der Waals surface area contributed by atoms with E-state index in [9.17, 15) is 9.59 Å². The Bertz CT molecular complexity index is 386. The van der Waals surface area contributed by atoms with Crippen LogP contribution in [0.4, 0.5) is 0 Å². The van der Waals surface area contributed by atoms with Crippen molar-refractivity contribution in [3.63, 3.8) is 0 Å². The van der Waals surface area contributed by atoms with Gasteiger partial charge in [0.05, 0.1) is 12.2 Å². The second-order valence-corrected chi connectivity index (χ2v) is 5.02. The molecule has 0 aromatic carbocycles.